The molecule has 1 N–H and O–H groups in total. The summed E-state index contributed by atoms with van der Waals surface area (Å²) in [4.78, 5) is 2.32. The van der Waals surface area contributed by atoms with Crippen LogP contribution in [0.15, 0.2) is 18.2 Å². The molecule has 2 nitrogen and oxygen atoms in total. The van der Waals surface area contributed by atoms with Gasteiger partial charge >= 0.3 is 0 Å². The molecule has 1 aliphatic heterocycles. The Morgan fingerprint density at radius 3 is 2.84 bits per heavy atom. The molecule has 4 heteroatoms. The van der Waals surface area contributed by atoms with E-state index >= 15 is 0 Å². The van der Waals surface area contributed by atoms with Crippen molar-refractivity contribution in [3.05, 3.63) is 34.6 Å². The fourth-order valence-corrected chi connectivity index (χ4v) is 3.19. The van der Waals surface area contributed by atoms with Gasteiger partial charge in [0.1, 0.15) is 5.82 Å². The van der Waals surface area contributed by atoms with Crippen LogP contribution in [-0.4, -0.2) is 31.1 Å². The van der Waals surface area contributed by atoms with Crippen LogP contribution in [0, 0.1) is 11.7 Å². The molecule has 1 saturated heterocycles. The Bertz CT molecular complexity index is 461. The van der Waals surface area contributed by atoms with Crippen molar-refractivity contribution in [2.45, 2.75) is 31.3 Å². The van der Waals surface area contributed by atoms with Gasteiger partial charge in [0.15, 0.2) is 0 Å². The molecule has 0 spiro atoms. The molecule has 3 rings (SSSR count). The predicted molar refractivity (Wildman–Crippen MR) is 75.9 cm³/mol. The van der Waals surface area contributed by atoms with E-state index in [2.05, 4.69) is 17.3 Å². The summed E-state index contributed by atoms with van der Waals surface area (Å²) in [7, 11) is 2.12. The number of hydrogen-bond donors (Lipinski definition) is 1. The first-order chi connectivity index (χ1) is 9.15. The Morgan fingerprint density at radius 1 is 1.37 bits per heavy atom. The molecule has 104 valence electrons. The van der Waals surface area contributed by atoms with Crippen LogP contribution < -0.4 is 5.32 Å². The van der Waals surface area contributed by atoms with Gasteiger partial charge in [0, 0.05) is 18.6 Å². The molecule has 0 bridgehead atoms. The minimum absolute atomic E-state index is 0.206. The molecule has 0 radical (unpaired) electrons. The van der Waals surface area contributed by atoms with Crippen LogP contribution >= 0.6 is 11.6 Å². The second-order valence-corrected chi connectivity index (χ2v) is 6.24. The highest BCUT2D eigenvalue weighted by Crippen LogP contribution is 2.37. The lowest BCUT2D eigenvalue weighted by Crippen LogP contribution is -2.29. The van der Waals surface area contributed by atoms with Gasteiger partial charge in [-0.05, 0) is 56.5 Å². The van der Waals surface area contributed by atoms with E-state index < -0.39 is 0 Å². The van der Waals surface area contributed by atoms with Crippen LogP contribution in [0.4, 0.5) is 4.39 Å². The Kier molecular flexibility index (Phi) is 3.79. The highest BCUT2D eigenvalue weighted by molar-refractivity contribution is 6.30. The maximum Gasteiger partial charge on any atom is 0.142 e. The lowest BCUT2D eigenvalue weighted by atomic mass is 9.93. The molecule has 1 aromatic carbocycles. The second kappa shape index (κ2) is 5.39. The largest absolute Gasteiger partial charge is 0.314 e. The van der Waals surface area contributed by atoms with Crippen LogP contribution in [0.25, 0.3) is 0 Å². The molecular formula is C15H20ClFN2. The monoisotopic (exact) mass is 282 g/mol. The summed E-state index contributed by atoms with van der Waals surface area (Å²) < 4.78 is 13.6. The number of hydrogen-bond acceptors (Lipinski definition) is 2. The smallest absolute Gasteiger partial charge is 0.142 e. The van der Waals surface area contributed by atoms with E-state index in [9.17, 15) is 4.39 Å². The van der Waals surface area contributed by atoms with E-state index in [0.29, 0.717) is 12.0 Å². The summed E-state index contributed by atoms with van der Waals surface area (Å²) in [5.41, 5.74) is 1.05. The van der Waals surface area contributed by atoms with Crippen LogP contribution in [0.1, 0.15) is 30.9 Å². The van der Waals surface area contributed by atoms with E-state index in [1.807, 2.05) is 6.07 Å². The molecule has 0 amide bonds. The van der Waals surface area contributed by atoms with Gasteiger partial charge in [-0.15, -0.1) is 0 Å². The molecule has 1 aliphatic carbocycles. The third-order valence-electron chi connectivity index (χ3n) is 4.31. The first kappa shape index (κ1) is 13.3. The van der Waals surface area contributed by atoms with Crippen LogP contribution in [-0.2, 0) is 0 Å². The zero-order valence-electron chi connectivity index (χ0n) is 11.2. The predicted octanol–water partition coefficient (Wildman–Crippen LogP) is 3.22. The minimum Gasteiger partial charge on any atom is -0.314 e. The molecule has 1 saturated carbocycles. The lowest BCUT2D eigenvalue weighted by Gasteiger charge is -2.26. The van der Waals surface area contributed by atoms with Crippen molar-refractivity contribution in [3.8, 4) is 0 Å². The third kappa shape index (κ3) is 2.93. The van der Waals surface area contributed by atoms with Gasteiger partial charge in [-0.1, -0.05) is 17.7 Å². The Hall–Kier alpha value is -0.640. The molecule has 1 aromatic rings. The third-order valence-corrected chi connectivity index (χ3v) is 4.61. The second-order valence-electron chi connectivity index (χ2n) is 5.83. The molecule has 2 aliphatic rings. The fourth-order valence-electron chi connectivity index (χ4n) is 3.07. The summed E-state index contributed by atoms with van der Waals surface area (Å²) >= 11 is 5.77. The van der Waals surface area contributed by atoms with Crippen molar-refractivity contribution >= 4 is 11.6 Å². The average molecular weight is 283 g/mol. The van der Waals surface area contributed by atoms with E-state index in [-0.39, 0.29) is 10.8 Å². The summed E-state index contributed by atoms with van der Waals surface area (Å²) in [6, 6.07) is 6.26. The molecule has 1 heterocycles. The van der Waals surface area contributed by atoms with Gasteiger partial charge in [0.25, 0.3) is 0 Å². The van der Waals surface area contributed by atoms with Gasteiger partial charge in [-0.25, -0.2) is 4.39 Å². The number of nitrogens with one attached hydrogen (secondary N) is 1. The van der Waals surface area contributed by atoms with Crippen LogP contribution in [0.3, 0.4) is 0 Å². The van der Waals surface area contributed by atoms with Crippen molar-refractivity contribution in [3.63, 3.8) is 0 Å². The standard InChI is InChI=1S/C15H20ClFN2/c1-19-7-6-11(9-18-12-3-4-12)15(19)10-2-5-13(16)14(17)8-10/h2,5,8,11-12,15,18H,3-4,6-7,9H2,1H3. The lowest BCUT2D eigenvalue weighted by molar-refractivity contribution is 0.271. The quantitative estimate of drug-likeness (QED) is 0.912. The highest BCUT2D eigenvalue weighted by Gasteiger charge is 2.34. The summed E-state index contributed by atoms with van der Waals surface area (Å²) in [6.07, 6.45) is 3.79. The van der Waals surface area contributed by atoms with Crippen molar-refractivity contribution < 1.29 is 4.39 Å². The molecule has 19 heavy (non-hydrogen) atoms. The molecule has 2 fully saturated rings. The van der Waals surface area contributed by atoms with Crippen LogP contribution in [0.5, 0.6) is 0 Å². The maximum atomic E-state index is 13.6. The average Bonchev–Trinajstić information content (AvgIpc) is 3.14. The number of likely N-dealkylation sites (tertiary alicyclic amines) is 1. The SMILES string of the molecule is CN1CCC(CNC2CC2)C1c1ccc(Cl)c(F)c1. The zero-order chi connectivity index (χ0) is 13.4. The fraction of sp³-hybridized carbons (Fsp3) is 0.600. The molecule has 2 unspecified atom stereocenters. The number of halogens is 2. The molecule has 0 aromatic heterocycles. The van der Waals surface area contributed by atoms with Crippen molar-refractivity contribution in [2.75, 3.05) is 20.1 Å². The highest BCUT2D eigenvalue weighted by atomic mass is 35.5. The first-order valence-electron chi connectivity index (χ1n) is 7.03. The zero-order valence-corrected chi connectivity index (χ0v) is 12.0. The first-order valence-corrected chi connectivity index (χ1v) is 7.41. The van der Waals surface area contributed by atoms with Gasteiger partial charge < -0.3 is 5.32 Å². The van der Waals surface area contributed by atoms with E-state index in [1.165, 1.54) is 19.3 Å². The molecular weight excluding hydrogens is 263 g/mol. The summed E-state index contributed by atoms with van der Waals surface area (Å²) in [5.74, 6) is 0.250. The Balaban J connectivity index is 1.75. The van der Waals surface area contributed by atoms with Gasteiger partial charge in [-0.3, -0.25) is 4.90 Å². The van der Waals surface area contributed by atoms with Gasteiger partial charge in [-0.2, -0.15) is 0 Å². The van der Waals surface area contributed by atoms with Crippen molar-refractivity contribution in [1.82, 2.24) is 10.2 Å². The van der Waals surface area contributed by atoms with Gasteiger partial charge in [0.2, 0.25) is 0 Å². The van der Waals surface area contributed by atoms with E-state index in [1.54, 1.807) is 12.1 Å². The van der Waals surface area contributed by atoms with Gasteiger partial charge in [0.05, 0.1) is 5.02 Å². The minimum atomic E-state index is -0.312. The number of nitrogens with zero attached hydrogens (tertiary/aromatic N) is 1. The Labute approximate surface area is 118 Å². The number of benzene rings is 1. The summed E-state index contributed by atoms with van der Waals surface area (Å²) in [6.45, 7) is 2.11. The normalized spacial score (nSPS) is 27.9. The van der Waals surface area contributed by atoms with Crippen molar-refractivity contribution in [2.24, 2.45) is 5.92 Å². The van der Waals surface area contributed by atoms with Crippen molar-refractivity contribution in [1.29, 1.82) is 0 Å². The summed E-state index contributed by atoms with van der Waals surface area (Å²) in [5, 5.41) is 3.80. The maximum absolute atomic E-state index is 13.6. The Morgan fingerprint density at radius 2 is 2.16 bits per heavy atom. The van der Waals surface area contributed by atoms with E-state index in [4.69, 9.17) is 11.6 Å². The molecule has 2 atom stereocenters. The van der Waals surface area contributed by atoms with E-state index in [0.717, 1.165) is 24.7 Å². The topological polar surface area (TPSA) is 15.3 Å². The number of rotatable bonds is 4. The van der Waals surface area contributed by atoms with Crippen LogP contribution in [0.2, 0.25) is 5.02 Å².